The number of aromatic nitrogens is 4. The van der Waals surface area contributed by atoms with E-state index in [0.29, 0.717) is 0 Å². The first-order valence-corrected chi connectivity index (χ1v) is 9.91. The molecule has 1 aromatic carbocycles. The molecule has 27 heavy (non-hydrogen) atoms. The van der Waals surface area contributed by atoms with Crippen molar-refractivity contribution in [3.05, 3.63) is 34.6 Å². The number of aryl methyl sites for hydroxylation is 5. The zero-order chi connectivity index (χ0) is 19.7. The highest BCUT2D eigenvalue weighted by Crippen LogP contribution is 2.35. The number of fused-ring (bicyclic) bond motifs is 1. The second-order valence-electron chi connectivity index (χ2n) is 7.52. The standard InChI is InChI=1S/C22H31N5/c1-8-10-27(11-9-2)22-20-19(23-17(6)24-22)21(26(7)25-20)18-15(4)12-14(3)13-16(18)5/h12-13H,8-11H2,1-7H3. The summed E-state index contributed by atoms with van der Waals surface area (Å²) in [5.41, 5.74) is 7.96. The summed E-state index contributed by atoms with van der Waals surface area (Å²) in [6.07, 6.45) is 2.17. The summed E-state index contributed by atoms with van der Waals surface area (Å²) >= 11 is 0. The van der Waals surface area contributed by atoms with Crippen LogP contribution in [0.15, 0.2) is 12.1 Å². The van der Waals surface area contributed by atoms with E-state index in [1.54, 1.807) is 0 Å². The predicted molar refractivity (Wildman–Crippen MR) is 113 cm³/mol. The van der Waals surface area contributed by atoms with Gasteiger partial charge >= 0.3 is 0 Å². The largest absolute Gasteiger partial charge is 0.355 e. The van der Waals surface area contributed by atoms with Crippen LogP contribution in [0, 0.1) is 27.7 Å². The fourth-order valence-electron chi connectivity index (χ4n) is 4.08. The molecule has 0 unspecified atom stereocenters. The number of hydrogen-bond donors (Lipinski definition) is 0. The first-order valence-electron chi connectivity index (χ1n) is 9.91. The Balaban J connectivity index is 2.30. The predicted octanol–water partition coefficient (Wildman–Crippen LogP) is 4.89. The fourth-order valence-corrected chi connectivity index (χ4v) is 4.08. The van der Waals surface area contributed by atoms with Crippen molar-refractivity contribution in [2.24, 2.45) is 7.05 Å². The third kappa shape index (κ3) is 3.55. The van der Waals surface area contributed by atoms with Gasteiger partial charge in [0, 0.05) is 25.7 Å². The van der Waals surface area contributed by atoms with E-state index in [-0.39, 0.29) is 0 Å². The first-order chi connectivity index (χ1) is 12.9. The number of rotatable bonds is 6. The van der Waals surface area contributed by atoms with Gasteiger partial charge in [0.05, 0.1) is 5.69 Å². The van der Waals surface area contributed by atoms with Gasteiger partial charge in [0.1, 0.15) is 11.3 Å². The van der Waals surface area contributed by atoms with E-state index in [1.807, 2.05) is 18.7 Å². The SMILES string of the molecule is CCCN(CCC)c1nc(C)nc2c(-c3c(C)cc(C)cc3C)n(C)nc12. The lowest BCUT2D eigenvalue weighted by Crippen LogP contribution is -2.26. The molecule has 5 nitrogen and oxygen atoms in total. The maximum Gasteiger partial charge on any atom is 0.160 e. The van der Waals surface area contributed by atoms with E-state index in [2.05, 4.69) is 51.7 Å². The van der Waals surface area contributed by atoms with Gasteiger partial charge in [-0.05, 0) is 51.7 Å². The van der Waals surface area contributed by atoms with Crippen LogP contribution in [0.3, 0.4) is 0 Å². The molecule has 0 fully saturated rings. The van der Waals surface area contributed by atoms with Gasteiger partial charge in [-0.3, -0.25) is 4.68 Å². The summed E-state index contributed by atoms with van der Waals surface area (Å²) in [6, 6.07) is 4.47. The average Bonchev–Trinajstić information content (AvgIpc) is 2.89. The molecule has 0 radical (unpaired) electrons. The molecule has 0 N–H and O–H groups in total. The minimum Gasteiger partial charge on any atom is -0.355 e. The highest BCUT2D eigenvalue weighted by molar-refractivity contribution is 5.97. The van der Waals surface area contributed by atoms with Crippen molar-refractivity contribution in [2.75, 3.05) is 18.0 Å². The Morgan fingerprint density at radius 3 is 2.04 bits per heavy atom. The molecule has 0 spiro atoms. The zero-order valence-corrected chi connectivity index (χ0v) is 17.7. The minimum absolute atomic E-state index is 0.798. The van der Waals surface area contributed by atoms with Crippen LogP contribution in [-0.2, 0) is 7.05 Å². The average molecular weight is 366 g/mol. The third-order valence-corrected chi connectivity index (χ3v) is 4.98. The molecule has 0 saturated carbocycles. The molecule has 0 atom stereocenters. The molecular weight excluding hydrogens is 334 g/mol. The van der Waals surface area contributed by atoms with Crippen LogP contribution in [-0.4, -0.2) is 32.8 Å². The van der Waals surface area contributed by atoms with Crippen molar-refractivity contribution in [3.8, 4) is 11.3 Å². The van der Waals surface area contributed by atoms with Gasteiger partial charge in [-0.15, -0.1) is 0 Å². The van der Waals surface area contributed by atoms with Gasteiger partial charge in [0.2, 0.25) is 0 Å². The van der Waals surface area contributed by atoms with Gasteiger partial charge in [-0.2, -0.15) is 5.10 Å². The smallest absolute Gasteiger partial charge is 0.160 e. The Labute approximate surface area is 162 Å². The van der Waals surface area contributed by atoms with E-state index in [1.165, 1.54) is 22.3 Å². The highest BCUT2D eigenvalue weighted by atomic mass is 15.3. The molecule has 3 aromatic rings. The van der Waals surface area contributed by atoms with Gasteiger partial charge in [0.25, 0.3) is 0 Å². The number of anilines is 1. The Kier molecular flexibility index (Phi) is 5.49. The lowest BCUT2D eigenvalue weighted by molar-refractivity contribution is 0.730. The summed E-state index contributed by atoms with van der Waals surface area (Å²) in [5, 5.41) is 4.87. The molecule has 0 saturated heterocycles. The van der Waals surface area contributed by atoms with Crippen LogP contribution in [0.4, 0.5) is 5.82 Å². The monoisotopic (exact) mass is 365 g/mol. The molecule has 2 heterocycles. The molecule has 144 valence electrons. The van der Waals surface area contributed by atoms with Crippen LogP contribution in [0.5, 0.6) is 0 Å². The Bertz CT molecular complexity index is 941. The topological polar surface area (TPSA) is 46.8 Å². The normalized spacial score (nSPS) is 11.4. The number of benzene rings is 1. The number of nitrogens with zero attached hydrogens (tertiary/aromatic N) is 5. The maximum absolute atomic E-state index is 4.87. The van der Waals surface area contributed by atoms with Crippen molar-refractivity contribution in [1.82, 2.24) is 19.7 Å². The molecule has 0 amide bonds. The second-order valence-corrected chi connectivity index (χ2v) is 7.52. The van der Waals surface area contributed by atoms with Crippen LogP contribution < -0.4 is 4.90 Å². The van der Waals surface area contributed by atoms with E-state index >= 15 is 0 Å². The van der Waals surface area contributed by atoms with Crippen molar-refractivity contribution in [3.63, 3.8) is 0 Å². The Hall–Kier alpha value is -2.43. The lowest BCUT2D eigenvalue weighted by atomic mass is 9.96. The van der Waals surface area contributed by atoms with Crippen LogP contribution in [0.25, 0.3) is 22.3 Å². The van der Waals surface area contributed by atoms with Gasteiger partial charge in [-0.1, -0.05) is 31.5 Å². The van der Waals surface area contributed by atoms with Gasteiger partial charge in [-0.25, -0.2) is 9.97 Å². The van der Waals surface area contributed by atoms with Crippen molar-refractivity contribution < 1.29 is 0 Å². The lowest BCUT2D eigenvalue weighted by Gasteiger charge is -2.22. The van der Waals surface area contributed by atoms with E-state index in [9.17, 15) is 0 Å². The van der Waals surface area contributed by atoms with Gasteiger partial charge < -0.3 is 4.90 Å². The van der Waals surface area contributed by atoms with Crippen LogP contribution in [0.2, 0.25) is 0 Å². The molecule has 0 aliphatic rings. The fraction of sp³-hybridized carbons (Fsp3) is 0.500. The second kappa shape index (κ2) is 7.67. The van der Waals surface area contributed by atoms with Crippen LogP contribution >= 0.6 is 0 Å². The quantitative estimate of drug-likeness (QED) is 0.624. The summed E-state index contributed by atoms with van der Waals surface area (Å²) < 4.78 is 1.98. The summed E-state index contributed by atoms with van der Waals surface area (Å²) in [5.74, 6) is 1.76. The molecule has 3 rings (SSSR count). The van der Waals surface area contributed by atoms with Crippen LogP contribution in [0.1, 0.15) is 49.2 Å². The minimum atomic E-state index is 0.798. The maximum atomic E-state index is 4.87. The zero-order valence-electron chi connectivity index (χ0n) is 17.7. The highest BCUT2D eigenvalue weighted by Gasteiger charge is 2.22. The number of hydrogen-bond acceptors (Lipinski definition) is 4. The molecule has 0 aliphatic carbocycles. The van der Waals surface area contributed by atoms with Gasteiger partial charge in [0.15, 0.2) is 11.3 Å². The third-order valence-electron chi connectivity index (χ3n) is 4.98. The van der Waals surface area contributed by atoms with Crippen molar-refractivity contribution >= 4 is 16.9 Å². The molecule has 5 heteroatoms. The van der Waals surface area contributed by atoms with E-state index < -0.39 is 0 Å². The summed E-state index contributed by atoms with van der Waals surface area (Å²) in [7, 11) is 2.01. The van der Waals surface area contributed by atoms with Crippen molar-refractivity contribution in [1.29, 1.82) is 0 Å². The Morgan fingerprint density at radius 1 is 0.889 bits per heavy atom. The van der Waals surface area contributed by atoms with Crippen molar-refractivity contribution in [2.45, 2.75) is 54.4 Å². The van der Waals surface area contributed by atoms with E-state index in [0.717, 1.165) is 54.3 Å². The summed E-state index contributed by atoms with van der Waals surface area (Å²) in [4.78, 5) is 12.0. The summed E-state index contributed by atoms with van der Waals surface area (Å²) in [6.45, 7) is 14.8. The van der Waals surface area contributed by atoms with E-state index in [4.69, 9.17) is 15.1 Å². The molecule has 2 aromatic heterocycles. The molecule has 0 bridgehead atoms. The molecule has 0 aliphatic heterocycles. The molecular formula is C22H31N5. The Morgan fingerprint density at radius 2 is 1.48 bits per heavy atom. The first kappa shape index (κ1) is 19.3.